The van der Waals surface area contributed by atoms with E-state index < -0.39 is 0 Å². The molecule has 2 aromatic rings. The number of hydrogen-bond acceptors (Lipinski definition) is 7. The summed E-state index contributed by atoms with van der Waals surface area (Å²) in [4.78, 5) is 16.0. The molecule has 0 atom stereocenters. The highest BCUT2D eigenvalue weighted by molar-refractivity contribution is 7.99. The van der Waals surface area contributed by atoms with E-state index in [9.17, 15) is 0 Å². The Kier molecular flexibility index (Phi) is 3.05. The van der Waals surface area contributed by atoms with E-state index in [4.69, 9.17) is 5.84 Å². The van der Waals surface area contributed by atoms with Crippen LogP contribution < -0.4 is 11.3 Å². The molecule has 2 aromatic heterocycles. The molecule has 15 heavy (non-hydrogen) atoms. The summed E-state index contributed by atoms with van der Waals surface area (Å²) in [6.45, 7) is 0. The van der Waals surface area contributed by atoms with E-state index in [0.29, 0.717) is 5.82 Å². The van der Waals surface area contributed by atoms with Gasteiger partial charge in [0.05, 0.1) is 6.20 Å². The van der Waals surface area contributed by atoms with Gasteiger partial charge in [-0.2, -0.15) is 0 Å². The molecule has 0 aliphatic rings. The van der Waals surface area contributed by atoms with Crippen molar-refractivity contribution in [2.45, 2.75) is 10.1 Å². The van der Waals surface area contributed by atoms with Gasteiger partial charge in [-0.05, 0) is 11.8 Å². The van der Waals surface area contributed by atoms with Gasteiger partial charge in [-0.15, -0.1) is 0 Å². The van der Waals surface area contributed by atoms with Gasteiger partial charge in [-0.1, -0.05) is 0 Å². The maximum Gasteiger partial charge on any atom is 0.144 e. The van der Waals surface area contributed by atoms with Crippen molar-refractivity contribution in [3.8, 4) is 0 Å². The third-order valence-corrected chi connectivity index (χ3v) is 2.39. The monoisotopic (exact) mass is 220 g/mol. The van der Waals surface area contributed by atoms with Gasteiger partial charge in [-0.25, -0.2) is 20.8 Å². The second kappa shape index (κ2) is 4.67. The van der Waals surface area contributed by atoms with Crippen LogP contribution in [0.1, 0.15) is 0 Å². The van der Waals surface area contributed by atoms with Crippen molar-refractivity contribution in [1.29, 1.82) is 0 Å². The molecule has 0 saturated carbocycles. The highest BCUT2D eigenvalue weighted by atomic mass is 32.2. The van der Waals surface area contributed by atoms with Gasteiger partial charge in [0, 0.05) is 18.5 Å². The Hall–Kier alpha value is -1.73. The zero-order valence-electron chi connectivity index (χ0n) is 7.66. The number of hydrazine groups is 1. The van der Waals surface area contributed by atoms with Crippen LogP contribution in [0.4, 0.5) is 5.82 Å². The molecule has 76 valence electrons. The fourth-order valence-corrected chi connectivity index (χ4v) is 1.63. The molecule has 0 aromatic carbocycles. The molecule has 2 heterocycles. The van der Waals surface area contributed by atoms with Crippen LogP contribution in [0.15, 0.2) is 41.0 Å². The molecule has 0 bridgehead atoms. The Bertz CT molecular complexity index is 434. The Labute approximate surface area is 90.4 Å². The predicted octanol–water partition coefficient (Wildman–Crippen LogP) is 0.703. The van der Waals surface area contributed by atoms with E-state index in [1.807, 2.05) is 0 Å². The molecule has 0 fully saturated rings. The van der Waals surface area contributed by atoms with E-state index in [1.165, 1.54) is 18.1 Å². The molecule has 0 radical (unpaired) electrons. The maximum absolute atomic E-state index is 5.23. The minimum absolute atomic E-state index is 0.566. The van der Waals surface area contributed by atoms with Crippen LogP contribution >= 0.6 is 11.8 Å². The van der Waals surface area contributed by atoms with Gasteiger partial charge >= 0.3 is 0 Å². The molecule has 0 aliphatic carbocycles. The van der Waals surface area contributed by atoms with Gasteiger partial charge in [0.1, 0.15) is 22.2 Å². The molecule has 0 saturated heterocycles. The third kappa shape index (κ3) is 2.61. The Balaban J connectivity index is 2.17. The van der Waals surface area contributed by atoms with Crippen LogP contribution in [0.25, 0.3) is 0 Å². The SMILES string of the molecule is NNc1cc(Sc2cnccn2)ncn1. The predicted molar refractivity (Wildman–Crippen MR) is 56.0 cm³/mol. The number of aromatic nitrogens is 4. The van der Waals surface area contributed by atoms with Crippen LogP contribution in [-0.2, 0) is 0 Å². The van der Waals surface area contributed by atoms with Gasteiger partial charge in [0.15, 0.2) is 0 Å². The van der Waals surface area contributed by atoms with E-state index >= 15 is 0 Å². The first kappa shape index (κ1) is 9.81. The van der Waals surface area contributed by atoms with Crippen molar-refractivity contribution in [2.24, 2.45) is 5.84 Å². The summed E-state index contributed by atoms with van der Waals surface area (Å²) in [5.74, 6) is 5.80. The molecular weight excluding hydrogens is 212 g/mol. The smallest absolute Gasteiger partial charge is 0.144 e. The lowest BCUT2D eigenvalue weighted by molar-refractivity contribution is 1.01. The fraction of sp³-hybridized carbons (Fsp3) is 0. The normalized spacial score (nSPS) is 9.93. The number of nitrogens with zero attached hydrogens (tertiary/aromatic N) is 4. The van der Waals surface area contributed by atoms with Crippen molar-refractivity contribution >= 4 is 17.6 Å². The average Bonchev–Trinajstić information content (AvgIpc) is 2.31. The summed E-state index contributed by atoms with van der Waals surface area (Å²) in [6.07, 6.45) is 6.36. The summed E-state index contributed by atoms with van der Waals surface area (Å²) in [7, 11) is 0. The van der Waals surface area contributed by atoms with Gasteiger partial charge in [0.25, 0.3) is 0 Å². The first-order valence-electron chi connectivity index (χ1n) is 4.11. The van der Waals surface area contributed by atoms with Crippen molar-refractivity contribution in [1.82, 2.24) is 19.9 Å². The van der Waals surface area contributed by atoms with Crippen molar-refractivity contribution < 1.29 is 0 Å². The standard InChI is InChI=1S/C8H8N6S/c9-14-6-3-7(13-5-12-6)15-8-4-10-1-2-11-8/h1-5H,9H2,(H,12,13,14). The number of anilines is 1. The van der Waals surface area contributed by atoms with Gasteiger partial charge in [0.2, 0.25) is 0 Å². The largest absolute Gasteiger partial charge is 0.308 e. The summed E-state index contributed by atoms with van der Waals surface area (Å²) in [6, 6.07) is 1.74. The third-order valence-electron chi connectivity index (χ3n) is 1.54. The van der Waals surface area contributed by atoms with Crippen LogP contribution in [-0.4, -0.2) is 19.9 Å². The van der Waals surface area contributed by atoms with E-state index in [-0.39, 0.29) is 0 Å². The number of nitrogens with one attached hydrogen (secondary N) is 1. The summed E-state index contributed by atoms with van der Waals surface area (Å²) < 4.78 is 0. The summed E-state index contributed by atoms with van der Waals surface area (Å²) in [5, 5.41) is 1.54. The minimum atomic E-state index is 0.566. The topological polar surface area (TPSA) is 89.6 Å². The fourth-order valence-electron chi connectivity index (χ4n) is 0.919. The second-order valence-corrected chi connectivity index (χ2v) is 3.57. The van der Waals surface area contributed by atoms with Crippen LogP contribution in [0, 0.1) is 0 Å². The number of rotatable bonds is 3. The van der Waals surface area contributed by atoms with Crippen molar-refractivity contribution in [3.05, 3.63) is 31.0 Å². The lowest BCUT2D eigenvalue weighted by Gasteiger charge is -2.01. The first-order valence-corrected chi connectivity index (χ1v) is 4.92. The molecule has 0 unspecified atom stereocenters. The van der Waals surface area contributed by atoms with Gasteiger partial charge < -0.3 is 5.43 Å². The Morgan fingerprint density at radius 3 is 2.80 bits per heavy atom. The van der Waals surface area contributed by atoms with Crippen LogP contribution in [0.3, 0.4) is 0 Å². The lowest BCUT2D eigenvalue weighted by atomic mass is 10.6. The Morgan fingerprint density at radius 1 is 1.13 bits per heavy atom. The molecule has 6 nitrogen and oxygen atoms in total. The zero-order chi connectivity index (χ0) is 10.5. The zero-order valence-corrected chi connectivity index (χ0v) is 8.48. The quantitative estimate of drug-likeness (QED) is 0.447. The van der Waals surface area contributed by atoms with Crippen molar-refractivity contribution in [3.63, 3.8) is 0 Å². The minimum Gasteiger partial charge on any atom is -0.308 e. The molecule has 0 amide bonds. The summed E-state index contributed by atoms with van der Waals surface area (Å²) in [5.41, 5.74) is 2.45. The molecule has 2 rings (SSSR count). The number of nitrogens with two attached hydrogens (primary N) is 1. The van der Waals surface area contributed by atoms with E-state index in [0.717, 1.165) is 10.1 Å². The highest BCUT2D eigenvalue weighted by Gasteiger charge is 2.01. The lowest BCUT2D eigenvalue weighted by Crippen LogP contribution is -2.08. The van der Waals surface area contributed by atoms with Crippen LogP contribution in [0.2, 0.25) is 0 Å². The molecule has 3 N–H and O–H groups in total. The van der Waals surface area contributed by atoms with E-state index in [1.54, 1.807) is 24.7 Å². The number of hydrogen-bond donors (Lipinski definition) is 2. The maximum atomic E-state index is 5.23. The Morgan fingerprint density at radius 2 is 2.07 bits per heavy atom. The second-order valence-electron chi connectivity index (χ2n) is 2.53. The summed E-state index contributed by atoms with van der Waals surface area (Å²) >= 11 is 1.40. The van der Waals surface area contributed by atoms with E-state index in [2.05, 4.69) is 25.4 Å². The highest BCUT2D eigenvalue weighted by Crippen LogP contribution is 2.23. The average molecular weight is 220 g/mol. The molecule has 0 spiro atoms. The van der Waals surface area contributed by atoms with Gasteiger partial charge in [-0.3, -0.25) is 4.98 Å². The molecule has 0 aliphatic heterocycles. The first-order chi connectivity index (χ1) is 7.38. The van der Waals surface area contributed by atoms with Crippen LogP contribution in [0.5, 0.6) is 0 Å². The number of nitrogen functional groups attached to an aromatic ring is 1. The van der Waals surface area contributed by atoms with Crippen molar-refractivity contribution in [2.75, 3.05) is 5.43 Å². The molecule has 7 heteroatoms. The molecular formula is C8H8N6S.